The Bertz CT molecular complexity index is 777. The molecular formula is C16H12N2O4. The van der Waals surface area contributed by atoms with E-state index < -0.39 is 16.4 Å². The quantitative estimate of drug-likeness (QED) is 0.404. The number of benzene rings is 2. The normalized spacial score (nSPS) is 10.8. The van der Waals surface area contributed by atoms with E-state index in [0.717, 1.165) is 0 Å². The predicted molar refractivity (Wildman–Crippen MR) is 81.2 cm³/mol. The number of aromatic hydroxyl groups is 1. The third-order valence-electron chi connectivity index (χ3n) is 3.01. The molecular weight excluding hydrogens is 284 g/mol. The van der Waals surface area contributed by atoms with E-state index in [-0.39, 0.29) is 5.75 Å². The second-order valence-electron chi connectivity index (χ2n) is 4.38. The molecule has 0 unspecified atom stereocenters. The first-order valence-corrected chi connectivity index (χ1v) is 6.29. The number of nitrogens with zero attached hydrogens (tertiary/aromatic N) is 2. The standard InChI is InChI=1S/C16H12N2O4/c1-22-15-9-11(8-14(16(15)19)18(20)21)7-13(10-17)12-5-3-2-4-6-12/h2-9,19H,1H3/b13-7-. The van der Waals surface area contributed by atoms with Crippen molar-refractivity contribution in [2.45, 2.75) is 0 Å². The fraction of sp³-hybridized carbons (Fsp3) is 0.0625. The molecule has 2 aromatic rings. The van der Waals surface area contributed by atoms with Gasteiger partial charge in [-0.05, 0) is 23.3 Å². The van der Waals surface area contributed by atoms with Crippen LogP contribution in [0.15, 0.2) is 42.5 Å². The number of nitriles is 1. The molecule has 6 nitrogen and oxygen atoms in total. The molecule has 2 aromatic carbocycles. The highest BCUT2D eigenvalue weighted by Crippen LogP contribution is 2.37. The lowest BCUT2D eigenvalue weighted by atomic mass is 10.0. The molecule has 0 heterocycles. The third kappa shape index (κ3) is 3.04. The van der Waals surface area contributed by atoms with Gasteiger partial charge in [0.15, 0.2) is 5.75 Å². The molecule has 0 saturated carbocycles. The lowest BCUT2D eigenvalue weighted by Crippen LogP contribution is -1.93. The number of methoxy groups -OCH3 is 1. The number of ether oxygens (including phenoxy) is 1. The Morgan fingerprint density at radius 1 is 1.36 bits per heavy atom. The molecule has 0 aliphatic carbocycles. The van der Waals surface area contributed by atoms with Gasteiger partial charge in [-0.25, -0.2) is 0 Å². The minimum Gasteiger partial charge on any atom is -0.500 e. The highest BCUT2D eigenvalue weighted by atomic mass is 16.6. The zero-order valence-electron chi connectivity index (χ0n) is 11.7. The molecule has 6 heteroatoms. The molecule has 0 atom stereocenters. The van der Waals surface area contributed by atoms with E-state index in [1.54, 1.807) is 24.3 Å². The molecule has 0 bridgehead atoms. The van der Waals surface area contributed by atoms with Gasteiger partial charge in [-0.2, -0.15) is 5.26 Å². The minimum absolute atomic E-state index is 0.0224. The first kappa shape index (κ1) is 15.1. The molecule has 0 aliphatic heterocycles. The average Bonchev–Trinajstić information content (AvgIpc) is 2.54. The number of nitro groups is 1. The summed E-state index contributed by atoms with van der Waals surface area (Å²) in [5.74, 6) is -0.561. The van der Waals surface area contributed by atoms with Gasteiger partial charge in [0.1, 0.15) is 0 Å². The van der Waals surface area contributed by atoms with Gasteiger partial charge in [-0.3, -0.25) is 10.1 Å². The molecule has 0 radical (unpaired) electrons. The van der Waals surface area contributed by atoms with Crippen molar-refractivity contribution in [3.63, 3.8) is 0 Å². The zero-order chi connectivity index (χ0) is 16.1. The number of rotatable bonds is 4. The predicted octanol–water partition coefficient (Wildman–Crippen LogP) is 3.37. The van der Waals surface area contributed by atoms with Gasteiger partial charge in [0.2, 0.25) is 5.75 Å². The first-order valence-electron chi connectivity index (χ1n) is 6.29. The van der Waals surface area contributed by atoms with Crippen molar-refractivity contribution < 1.29 is 14.8 Å². The zero-order valence-corrected chi connectivity index (χ0v) is 11.7. The molecule has 110 valence electrons. The maximum absolute atomic E-state index is 11.0. The van der Waals surface area contributed by atoms with Crippen molar-refractivity contribution in [1.82, 2.24) is 0 Å². The monoisotopic (exact) mass is 296 g/mol. The van der Waals surface area contributed by atoms with E-state index in [1.807, 2.05) is 6.07 Å². The number of hydrogen-bond donors (Lipinski definition) is 1. The highest BCUT2D eigenvalue weighted by Gasteiger charge is 2.19. The van der Waals surface area contributed by atoms with E-state index in [4.69, 9.17) is 4.74 Å². The van der Waals surface area contributed by atoms with Gasteiger partial charge in [0.05, 0.1) is 23.7 Å². The molecule has 0 aliphatic rings. The molecule has 0 fully saturated rings. The van der Waals surface area contributed by atoms with Crippen molar-refractivity contribution in [2.75, 3.05) is 7.11 Å². The number of nitro benzene ring substituents is 1. The van der Waals surface area contributed by atoms with Crippen LogP contribution in [0.3, 0.4) is 0 Å². The third-order valence-corrected chi connectivity index (χ3v) is 3.01. The Hall–Kier alpha value is -3.33. The fourth-order valence-corrected chi connectivity index (χ4v) is 1.96. The van der Waals surface area contributed by atoms with Crippen LogP contribution >= 0.6 is 0 Å². The Labute approximate surface area is 126 Å². The van der Waals surface area contributed by atoms with Gasteiger partial charge >= 0.3 is 5.69 Å². The van der Waals surface area contributed by atoms with Crippen LogP contribution in [0.1, 0.15) is 11.1 Å². The van der Waals surface area contributed by atoms with Gasteiger partial charge < -0.3 is 9.84 Å². The maximum atomic E-state index is 11.0. The number of phenolic OH excluding ortho intramolecular Hbond substituents is 1. The summed E-state index contributed by atoms with van der Waals surface area (Å²) in [6.45, 7) is 0. The Morgan fingerprint density at radius 2 is 2.05 bits per heavy atom. The van der Waals surface area contributed by atoms with Crippen LogP contribution in [0.4, 0.5) is 5.69 Å². The van der Waals surface area contributed by atoms with Crippen LogP contribution in [0, 0.1) is 21.4 Å². The molecule has 0 amide bonds. The molecule has 22 heavy (non-hydrogen) atoms. The Balaban J connectivity index is 2.57. The van der Waals surface area contributed by atoms with Gasteiger partial charge in [-0.1, -0.05) is 30.3 Å². The summed E-state index contributed by atoms with van der Waals surface area (Å²) < 4.78 is 4.93. The first-order chi connectivity index (χ1) is 10.6. The van der Waals surface area contributed by atoms with Gasteiger partial charge in [0, 0.05) is 6.07 Å². The summed E-state index contributed by atoms with van der Waals surface area (Å²) >= 11 is 0. The van der Waals surface area contributed by atoms with Crippen molar-refractivity contribution in [3.05, 3.63) is 63.7 Å². The smallest absolute Gasteiger partial charge is 0.315 e. The summed E-state index contributed by atoms with van der Waals surface area (Å²) in [6.07, 6.45) is 1.50. The SMILES string of the molecule is COc1cc(/C=C(/C#N)c2ccccc2)cc([N+](=O)[O-])c1O. The molecule has 0 aromatic heterocycles. The summed E-state index contributed by atoms with van der Waals surface area (Å²) in [6, 6.07) is 13.6. The number of allylic oxidation sites excluding steroid dienone is 1. The average molecular weight is 296 g/mol. The Kier molecular flexibility index (Phi) is 4.39. The van der Waals surface area contributed by atoms with Crippen molar-refractivity contribution >= 4 is 17.3 Å². The second kappa shape index (κ2) is 6.41. The summed E-state index contributed by atoms with van der Waals surface area (Å²) in [7, 11) is 1.30. The number of hydrogen-bond acceptors (Lipinski definition) is 5. The fourth-order valence-electron chi connectivity index (χ4n) is 1.96. The van der Waals surface area contributed by atoms with Crippen LogP contribution < -0.4 is 4.74 Å². The molecule has 2 rings (SSSR count). The largest absolute Gasteiger partial charge is 0.500 e. The molecule has 1 N–H and O–H groups in total. The van der Waals surface area contributed by atoms with Crippen molar-refractivity contribution in [1.29, 1.82) is 5.26 Å². The van der Waals surface area contributed by atoms with Crippen molar-refractivity contribution in [2.24, 2.45) is 0 Å². The van der Waals surface area contributed by atoms with Crippen LogP contribution in [0.5, 0.6) is 11.5 Å². The minimum atomic E-state index is -0.705. The van der Waals surface area contributed by atoms with E-state index in [1.165, 1.54) is 25.3 Å². The lowest BCUT2D eigenvalue weighted by molar-refractivity contribution is -0.386. The van der Waals surface area contributed by atoms with E-state index in [9.17, 15) is 20.5 Å². The van der Waals surface area contributed by atoms with Gasteiger partial charge in [-0.15, -0.1) is 0 Å². The topological polar surface area (TPSA) is 96.4 Å². The Morgan fingerprint density at radius 3 is 2.59 bits per heavy atom. The van der Waals surface area contributed by atoms with E-state index >= 15 is 0 Å². The molecule has 0 saturated heterocycles. The van der Waals surface area contributed by atoms with Crippen LogP contribution in [0.25, 0.3) is 11.6 Å². The summed E-state index contributed by atoms with van der Waals surface area (Å²) in [5, 5.41) is 30.0. The highest BCUT2D eigenvalue weighted by molar-refractivity contribution is 5.90. The van der Waals surface area contributed by atoms with Crippen LogP contribution in [-0.2, 0) is 0 Å². The van der Waals surface area contributed by atoms with Crippen LogP contribution in [0.2, 0.25) is 0 Å². The maximum Gasteiger partial charge on any atom is 0.315 e. The molecule has 0 spiro atoms. The summed E-state index contributed by atoms with van der Waals surface area (Å²) in [5.41, 5.74) is 0.958. The van der Waals surface area contributed by atoms with E-state index in [2.05, 4.69) is 6.07 Å². The summed E-state index contributed by atoms with van der Waals surface area (Å²) in [4.78, 5) is 10.3. The van der Waals surface area contributed by atoms with E-state index in [0.29, 0.717) is 16.7 Å². The van der Waals surface area contributed by atoms with Gasteiger partial charge in [0.25, 0.3) is 0 Å². The van der Waals surface area contributed by atoms with Crippen molar-refractivity contribution in [3.8, 4) is 17.6 Å². The van der Waals surface area contributed by atoms with Crippen LogP contribution in [-0.4, -0.2) is 17.1 Å². The number of phenols is 1. The second-order valence-corrected chi connectivity index (χ2v) is 4.38. The lowest BCUT2D eigenvalue weighted by Gasteiger charge is -2.06.